The maximum atomic E-state index is 13.6. The van der Waals surface area contributed by atoms with E-state index < -0.39 is 0 Å². The molecule has 0 fully saturated rings. The number of nitrogens with one attached hydrogen (secondary N) is 1. The van der Waals surface area contributed by atoms with Gasteiger partial charge in [0.25, 0.3) is 0 Å². The van der Waals surface area contributed by atoms with Crippen LogP contribution >= 0.6 is 11.6 Å². The molecule has 1 atom stereocenters. The van der Waals surface area contributed by atoms with Crippen molar-refractivity contribution in [2.24, 2.45) is 5.84 Å². The lowest BCUT2D eigenvalue weighted by Gasteiger charge is -2.17. The summed E-state index contributed by atoms with van der Waals surface area (Å²) in [5.41, 5.74) is 4.96. The summed E-state index contributed by atoms with van der Waals surface area (Å²) in [6.45, 7) is 1.73. The van der Waals surface area contributed by atoms with Gasteiger partial charge in [0.1, 0.15) is 5.82 Å². The predicted octanol–water partition coefficient (Wildman–Crippen LogP) is 3.34. The molecule has 0 aliphatic rings. The molecule has 94 valence electrons. The quantitative estimate of drug-likeness (QED) is 0.659. The molecule has 0 aromatic heterocycles. The third-order valence-corrected chi connectivity index (χ3v) is 3.11. The van der Waals surface area contributed by atoms with Crippen molar-refractivity contribution < 1.29 is 4.39 Å². The van der Waals surface area contributed by atoms with Crippen molar-refractivity contribution in [3.05, 3.63) is 70.0 Å². The molecule has 2 rings (SSSR count). The van der Waals surface area contributed by atoms with Gasteiger partial charge in [0.15, 0.2) is 0 Å². The van der Waals surface area contributed by atoms with Gasteiger partial charge in [-0.15, -0.1) is 0 Å². The summed E-state index contributed by atoms with van der Waals surface area (Å²) in [5.74, 6) is 5.32. The molecule has 0 radical (unpaired) electrons. The Morgan fingerprint density at radius 2 is 1.89 bits per heavy atom. The molecular weight excluding hydrogens is 251 g/mol. The fourth-order valence-electron chi connectivity index (χ4n) is 1.86. The Labute approximate surface area is 111 Å². The second-order valence-electron chi connectivity index (χ2n) is 4.16. The van der Waals surface area contributed by atoms with E-state index in [9.17, 15) is 4.39 Å². The predicted molar refractivity (Wildman–Crippen MR) is 71.8 cm³/mol. The van der Waals surface area contributed by atoms with E-state index in [2.05, 4.69) is 5.43 Å². The van der Waals surface area contributed by atoms with Crippen LogP contribution in [-0.2, 0) is 0 Å². The van der Waals surface area contributed by atoms with Gasteiger partial charge in [-0.25, -0.2) is 9.82 Å². The molecule has 0 spiro atoms. The van der Waals surface area contributed by atoms with Crippen LogP contribution in [0.25, 0.3) is 0 Å². The van der Waals surface area contributed by atoms with Gasteiger partial charge in [0.05, 0.1) is 6.04 Å². The fraction of sp³-hybridized carbons (Fsp3) is 0.143. The zero-order chi connectivity index (χ0) is 13.1. The van der Waals surface area contributed by atoms with Crippen LogP contribution in [0.5, 0.6) is 0 Å². The highest BCUT2D eigenvalue weighted by molar-refractivity contribution is 6.30. The number of benzene rings is 2. The number of hydrazine groups is 1. The lowest BCUT2D eigenvalue weighted by atomic mass is 9.98. The molecule has 0 aliphatic carbocycles. The molecule has 2 aromatic rings. The van der Waals surface area contributed by atoms with Crippen LogP contribution in [0.15, 0.2) is 42.5 Å². The van der Waals surface area contributed by atoms with Crippen molar-refractivity contribution in [2.75, 3.05) is 0 Å². The van der Waals surface area contributed by atoms with E-state index in [1.165, 1.54) is 6.07 Å². The Hall–Kier alpha value is -1.42. The molecule has 0 heterocycles. The van der Waals surface area contributed by atoms with E-state index in [0.717, 1.165) is 11.1 Å². The highest BCUT2D eigenvalue weighted by atomic mass is 35.5. The smallest absolute Gasteiger partial charge is 0.126 e. The number of aryl methyl sites for hydroxylation is 1. The Morgan fingerprint density at radius 1 is 1.17 bits per heavy atom. The van der Waals surface area contributed by atoms with Gasteiger partial charge in [-0.2, -0.15) is 0 Å². The Morgan fingerprint density at radius 3 is 2.50 bits per heavy atom. The Kier molecular flexibility index (Phi) is 3.97. The largest absolute Gasteiger partial charge is 0.271 e. The Balaban J connectivity index is 2.42. The topological polar surface area (TPSA) is 38.0 Å². The molecule has 1 unspecified atom stereocenters. The van der Waals surface area contributed by atoms with E-state index in [4.69, 9.17) is 17.4 Å². The SMILES string of the molecule is Cc1ccc(C(NN)c2cccc(Cl)c2)cc1F. The van der Waals surface area contributed by atoms with Crippen LogP contribution in [0.3, 0.4) is 0 Å². The molecule has 2 aromatic carbocycles. The molecule has 3 N–H and O–H groups in total. The van der Waals surface area contributed by atoms with Gasteiger partial charge in [0, 0.05) is 5.02 Å². The van der Waals surface area contributed by atoms with Gasteiger partial charge in [-0.05, 0) is 41.8 Å². The summed E-state index contributed by atoms with van der Waals surface area (Å²) in [7, 11) is 0. The first-order valence-corrected chi connectivity index (χ1v) is 5.97. The minimum atomic E-state index is -0.279. The standard InChI is InChI=1S/C14H14ClFN2/c1-9-5-6-11(8-13(9)16)14(18-17)10-3-2-4-12(15)7-10/h2-8,14,18H,17H2,1H3. The number of hydrogen-bond donors (Lipinski definition) is 2. The third-order valence-electron chi connectivity index (χ3n) is 2.88. The molecule has 0 aliphatic heterocycles. The summed E-state index contributed by atoms with van der Waals surface area (Å²) < 4.78 is 13.6. The molecular formula is C14H14ClFN2. The molecule has 4 heteroatoms. The molecule has 18 heavy (non-hydrogen) atoms. The molecule has 2 nitrogen and oxygen atoms in total. The molecule has 0 saturated carbocycles. The number of hydrogen-bond acceptors (Lipinski definition) is 2. The molecule has 0 bridgehead atoms. The van der Waals surface area contributed by atoms with Gasteiger partial charge in [-0.3, -0.25) is 5.84 Å². The summed E-state index contributed by atoms with van der Waals surface area (Å²) >= 11 is 5.95. The lowest BCUT2D eigenvalue weighted by molar-refractivity contribution is 0.599. The van der Waals surface area contributed by atoms with E-state index in [1.807, 2.05) is 24.3 Å². The van der Waals surface area contributed by atoms with Gasteiger partial charge < -0.3 is 0 Å². The minimum Gasteiger partial charge on any atom is -0.271 e. The van der Waals surface area contributed by atoms with Crippen molar-refractivity contribution in [2.45, 2.75) is 13.0 Å². The summed E-state index contributed by atoms with van der Waals surface area (Å²) in [6.07, 6.45) is 0. The summed E-state index contributed by atoms with van der Waals surface area (Å²) in [4.78, 5) is 0. The van der Waals surface area contributed by atoms with Crippen LogP contribution in [-0.4, -0.2) is 0 Å². The summed E-state index contributed by atoms with van der Waals surface area (Å²) in [6, 6.07) is 12.1. The van der Waals surface area contributed by atoms with Crippen molar-refractivity contribution in [3.8, 4) is 0 Å². The first-order chi connectivity index (χ1) is 8.61. The average molecular weight is 265 g/mol. The Bertz CT molecular complexity index is 557. The highest BCUT2D eigenvalue weighted by Gasteiger charge is 2.13. The monoisotopic (exact) mass is 264 g/mol. The summed E-state index contributed by atoms with van der Waals surface area (Å²) in [5, 5.41) is 0.625. The van der Waals surface area contributed by atoms with Crippen molar-refractivity contribution in [1.82, 2.24) is 5.43 Å². The normalized spacial score (nSPS) is 12.4. The van der Waals surface area contributed by atoms with Crippen LogP contribution in [0.2, 0.25) is 5.02 Å². The van der Waals surface area contributed by atoms with E-state index in [1.54, 1.807) is 19.1 Å². The van der Waals surface area contributed by atoms with Crippen LogP contribution < -0.4 is 11.3 Å². The molecule has 0 amide bonds. The highest BCUT2D eigenvalue weighted by Crippen LogP contribution is 2.25. The second kappa shape index (κ2) is 5.48. The fourth-order valence-corrected chi connectivity index (χ4v) is 2.06. The van der Waals surface area contributed by atoms with Crippen LogP contribution in [0, 0.1) is 12.7 Å². The van der Waals surface area contributed by atoms with Gasteiger partial charge in [-0.1, -0.05) is 35.9 Å². The first kappa shape index (κ1) is 13.0. The maximum absolute atomic E-state index is 13.6. The zero-order valence-electron chi connectivity index (χ0n) is 9.95. The van der Waals surface area contributed by atoms with Crippen molar-refractivity contribution in [3.63, 3.8) is 0 Å². The van der Waals surface area contributed by atoms with Crippen molar-refractivity contribution >= 4 is 11.6 Å². The van der Waals surface area contributed by atoms with Crippen LogP contribution in [0.4, 0.5) is 4.39 Å². The number of halogens is 2. The second-order valence-corrected chi connectivity index (χ2v) is 4.60. The number of rotatable bonds is 3. The van der Waals surface area contributed by atoms with Crippen molar-refractivity contribution in [1.29, 1.82) is 0 Å². The van der Waals surface area contributed by atoms with Gasteiger partial charge in [0.2, 0.25) is 0 Å². The zero-order valence-corrected chi connectivity index (χ0v) is 10.7. The maximum Gasteiger partial charge on any atom is 0.126 e. The molecule has 0 saturated heterocycles. The van der Waals surface area contributed by atoms with Gasteiger partial charge >= 0.3 is 0 Å². The average Bonchev–Trinajstić information content (AvgIpc) is 2.35. The van der Waals surface area contributed by atoms with Crippen LogP contribution in [0.1, 0.15) is 22.7 Å². The minimum absolute atomic E-state index is 0.241. The van der Waals surface area contributed by atoms with E-state index in [0.29, 0.717) is 10.6 Å². The van der Waals surface area contributed by atoms with E-state index in [-0.39, 0.29) is 11.9 Å². The van der Waals surface area contributed by atoms with E-state index >= 15 is 0 Å². The third kappa shape index (κ3) is 2.70. The lowest BCUT2D eigenvalue weighted by Crippen LogP contribution is -2.28. The first-order valence-electron chi connectivity index (χ1n) is 5.59. The number of nitrogens with two attached hydrogens (primary N) is 1.